The number of hydrogen-bond acceptors (Lipinski definition) is 3. The molecule has 0 bridgehead atoms. The fourth-order valence-corrected chi connectivity index (χ4v) is 5.44. The van der Waals surface area contributed by atoms with Crippen LogP contribution in [0.25, 0.3) is 0 Å². The topological polar surface area (TPSA) is 49.4 Å². The summed E-state index contributed by atoms with van der Waals surface area (Å²) in [5.41, 5.74) is 0. The van der Waals surface area contributed by atoms with Crippen LogP contribution in [0.5, 0.6) is 0 Å². The van der Waals surface area contributed by atoms with Crippen molar-refractivity contribution in [3.05, 3.63) is 28.2 Å². The first-order valence-electron chi connectivity index (χ1n) is 7.66. The highest BCUT2D eigenvalue weighted by Crippen LogP contribution is 2.36. The van der Waals surface area contributed by atoms with Gasteiger partial charge in [-0.3, -0.25) is 0 Å². The number of nitrogens with zero attached hydrogens (tertiary/aromatic N) is 1. The van der Waals surface area contributed by atoms with Crippen molar-refractivity contribution in [2.75, 3.05) is 19.6 Å². The predicted molar refractivity (Wildman–Crippen MR) is 89.0 cm³/mol. The summed E-state index contributed by atoms with van der Waals surface area (Å²) in [6, 6.07) is 4.71. The van der Waals surface area contributed by atoms with Crippen LogP contribution >= 0.6 is 23.2 Å². The molecule has 22 heavy (non-hydrogen) atoms. The van der Waals surface area contributed by atoms with Crippen LogP contribution in [0.4, 0.5) is 0 Å². The third kappa shape index (κ3) is 3.60. The van der Waals surface area contributed by atoms with Crippen molar-refractivity contribution < 1.29 is 8.42 Å². The zero-order valence-corrected chi connectivity index (χ0v) is 14.6. The summed E-state index contributed by atoms with van der Waals surface area (Å²) in [5, 5.41) is 3.96. The van der Waals surface area contributed by atoms with Crippen molar-refractivity contribution >= 4 is 33.2 Å². The fraction of sp³-hybridized carbons (Fsp3) is 0.600. The highest BCUT2D eigenvalue weighted by Gasteiger charge is 2.40. The molecule has 0 aromatic heterocycles. The van der Waals surface area contributed by atoms with Gasteiger partial charge in [0.2, 0.25) is 10.0 Å². The monoisotopic (exact) mass is 362 g/mol. The lowest BCUT2D eigenvalue weighted by molar-refractivity contribution is 0.283. The molecular weight excluding hydrogens is 343 g/mol. The molecule has 1 aliphatic heterocycles. The molecule has 0 unspecified atom stereocenters. The lowest BCUT2D eigenvalue weighted by Gasteiger charge is -2.29. The second-order valence-corrected chi connectivity index (χ2v) is 8.78. The van der Waals surface area contributed by atoms with Crippen LogP contribution in [0, 0.1) is 5.92 Å². The SMILES string of the molecule is O=S(=O)(c1ccc(Cl)cc1Cl)N(CC1CCNCC1)C1CC1. The van der Waals surface area contributed by atoms with E-state index in [9.17, 15) is 8.42 Å². The molecule has 3 rings (SSSR count). The van der Waals surface area contributed by atoms with Crippen LogP contribution in [-0.2, 0) is 10.0 Å². The molecule has 1 aromatic carbocycles. The van der Waals surface area contributed by atoms with Crippen LogP contribution in [0.1, 0.15) is 25.7 Å². The molecule has 1 aromatic rings. The van der Waals surface area contributed by atoms with E-state index < -0.39 is 10.0 Å². The average molecular weight is 363 g/mol. The number of benzene rings is 1. The quantitative estimate of drug-likeness (QED) is 0.874. The average Bonchev–Trinajstić information content (AvgIpc) is 3.29. The molecule has 1 heterocycles. The Kier molecular flexibility index (Phi) is 5.00. The Morgan fingerprint density at radius 3 is 2.41 bits per heavy atom. The Morgan fingerprint density at radius 2 is 1.82 bits per heavy atom. The van der Waals surface area contributed by atoms with Crippen molar-refractivity contribution in [1.82, 2.24) is 9.62 Å². The first-order chi connectivity index (χ1) is 10.5. The van der Waals surface area contributed by atoms with E-state index in [4.69, 9.17) is 23.2 Å². The van der Waals surface area contributed by atoms with E-state index in [1.54, 1.807) is 10.4 Å². The maximum atomic E-state index is 13.0. The van der Waals surface area contributed by atoms with E-state index in [-0.39, 0.29) is 16.0 Å². The van der Waals surface area contributed by atoms with Gasteiger partial charge < -0.3 is 5.32 Å². The van der Waals surface area contributed by atoms with Gasteiger partial charge in [-0.2, -0.15) is 4.31 Å². The summed E-state index contributed by atoms with van der Waals surface area (Å²) in [6.45, 7) is 2.52. The summed E-state index contributed by atoms with van der Waals surface area (Å²) in [4.78, 5) is 0.166. The molecule has 0 spiro atoms. The van der Waals surface area contributed by atoms with Gasteiger partial charge in [0.1, 0.15) is 4.90 Å². The van der Waals surface area contributed by atoms with E-state index in [0.717, 1.165) is 38.8 Å². The highest BCUT2D eigenvalue weighted by atomic mass is 35.5. The first kappa shape index (κ1) is 16.5. The molecule has 2 aliphatic rings. The van der Waals surface area contributed by atoms with Gasteiger partial charge in [-0.25, -0.2) is 8.42 Å². The van der Waals surface area contributed by atoms with Crippen molar-refractivity contribution in [2.24, 2.45) is 5.92 Å². The fourth-order valence-electron chi connectivity index (χ4n) is 2.94. The Balaban J connectivity index is 1.86. The molecule has 1 saturated carbocycles. The van der Waals surface area contributed by atoms with Crippen LogP contribution in [-0.4, -0.2) is 38.4 Å². The standard InChI is InChI=1S/C15H20Cl2N2O2S/c16-12-1-4-15(14(17)9-12)22(20,21)19(13-2-3-13)10-11-5-7-18-8-6-11/h1,4,9,11,13,18H,2-3,5-8,10H2. The lowest BCUT2D eigenvalue weighted by Crippen LogP contribution is -2.40. The van der Waals surface area contributed by atoms with Gasteiger partial charge in [0.15, 0.2) is 0 Å². The largest absolute Gasteiger partial charge is 0.317 e. The van der Waals surface area contributed by atoms with Gasteiger partial charge >= 0.3 is 0 Å². The minimum absolute atomic E-state index is 0.131. The van der Waals surface area contributed by atoms with E-state index in [2.05, 4.69) is 5.32 Å². The van der Waals surface area contributed by atoms with Crippen LogP contribution in [0.2, 0.25) is 10.0 Å². The molecular formula is C15H20Cl2N2O2S. The molecule has 4 nitrogen and oxygen atoms in total. The number of rotatable bonds is 5. The molecule has 0 radical (unpaired) electrons. The number of piperidine rings is 1. The molecule has 1 saturated heterocycles. The maximum absolute atomic E-state index is 13.0. The number of hydrogen-bond donors (Lipinski definition) is 1. The summed E-state index contributed by atoms with van der Waals surface area (Å²) < 4.78 is 27.7. The Morgan fingerprint density at radius 1 is 1.14 bits per heavy atom. The van der Waals surface area contributed by atoms with Gasteiger partial charge in [-0.1, -0.05) is 23.2 Å². The summed E-state index contributed by atoms with van der Waals surface area (Å²) >= 11 is 12.0. The van der Waals surface area contributed by atoms with Crippen molar-refractivity contribution in [1.29, 1.82) is 0 Å². The Hall–Kier alpha value is -0.330. The summed E-state index contributed by atoms with van der Waals surface area (Å²) in [7, 11) is -3.56. The van der Waals surface area contributed by atoms with Crippen molar-refractivity contribution in [2.45, 2.75) is 36.6 Å². The Bertz CT molecular complexity index is 641. The summed E-state index contributed by atoms with van der Waals surface area (Å²) in [6.07, 6.45) is 3.92. The van der Waals surface area contributed by atoms with Crippen LogP contribution in [0.15, 0.2) is 23.1 Å². The van der Waals surface area contributed by atoms with Gasteiger partial charge in [-0.15, -0.1) is 0 Å². The zero-order valence-electron chi connectivity index (χ0n) is 12.3. The normalized spacial score (nSPS) is 20.5. The Labute approximate surface area is 141 Å². The molecule has 0 atom stereocenters. The van der Waals surface area contributed by atoms with Crippen molar-refractivity contribution in [3.8, 4) is 0 Å². The molecule has 2 fully saturated rings. The third-order valence-electron chi connectivity index (χ3n) is 4.33. The minimum atomic E-state index is -3.56. The molecule has 1 aliphatic carbocycles. The number of sulfonamides is 1. The second kappa shape index (κ2) is 6.65. The zero-order chi connectivity index (χ0) is 15.7. The molecule has 122 valence electrons. The van der Waals surface area contributed by atoms with E-state index in [1.165, 1.54) is 12.1 Å². The van der Waals surface area contributed by atoms with Gasteiger partial charge in [0.25, 0.3) is 0 Å². The smallest absolute Gasteiger partial charge is 0.244 e. The second-order valence-electron chi connectivity index (χ2n) is 6.07. The van der Waals surface area contributed by atoms with Crippen LogP contribution in [0.3, 0.4) is 0 Å². The molecule has 7 heteroatoms. The predicted octanol–water partition coefficient (Wildman–Crippen LogP) is 3.15. The molecule has 1 N–H and O–H groups in total. The van der Waals surface area contributed by atoms with Gasteiger partial charge in [0, 0.05) is 17.6 Å². The summed E-state index contributed by atoms with van der Waals surface area (Å²) in [5.74, 6) is 0.419. The number of halogens is 2. The van der Waals surface area contributed by atoms with E-state index in [0.29, 0.717) is 17.5 Å². The van der Waals surface area contributed by atoms with Crippen LogP contribution < -0.4 is 5.32 Å². The lowest BCUT2D eigenvalue weighted by atomic mass is 9.98. The number of nitrogens with one attached hydrogen (secondary N) is 1. The third-order valence-corrected chi connectivity index (χ3v) is 6.97. The molecule has 0 amide bonds. The van der Waals surface area contributed by atoms with E-state index in [1.807, 2.05) is 0 Å². The first-order valence-corrected chi connectivity index (χ1v) is 9.85. The van der Waals surface area contributed by atoms with Crippen molar-refractivity contribution in [3.63, 3.8) is 0 Å². The van der Waals surface area contributed by atoms with E-state index >= 15 is 0 Å². The van der Waals surface area contributed by atoms with Gasteiger partial charge in [-0.05, 0) is 62.9 Å². The highest BCUT2D eigenvalue weighted by molar-refractivity contribution is 7.89. The van der Waals surface area contributed by atoms with Gasteiger partial charge in [0.05, 0.1) is 5.02 Å². The minimum Gasteiger partial charge on any atom is -0.317 e. The maximum Gasteiger partial charge on any atom is 0.244 e.